The van der Waals surface area contributed by atoms with Crippen molar-refractivity contribution in [1.29, 1.82) is 0 Å². The predicted molar refractivity (Wildman–Crippen MR) is 83.5 cm³/mol. The second kappa shape index (κ2) is 6.13. The SMILES string of the molecule is Cc1cc(C(=O)N2CCN(c3ccc(F)cc3)CC2)ccn1. The van der Waals surface area contributed by atoms with Crippen LogP contribution in [-0.2, 0) is 0 Å². The van der Waals surface area contributed by atoms with E-state index in [9.17, 15) is 9.18 Å². The highest BCUT2D eigenvalue weighted by atomic mass is 19.1. The van der Waals surface area contributed by atoms with Crippen molar-refractivity contribution in [3.05, 3.63) is 59.7 Å². The topological polar surface area (TPSA) is 36.4 Å². The van der Waals surface area contributed by atoms with E-state index in [0.29, 0.717) is 18.7 Å². The highest BCUT2D eigenvalue weighted by Gasteiger charge is 2.22. The van der Waals surface area contributed by atoms with Crippen molar-refractivity contribution in [1.82, 2.24) is 9.88 Å². The summed E-state index contributed by atoms with van der Waals surface area (Å²) < 4.78 is 13.0. The Bertz CT molecular complexity index is 664. The lowest BCUT2D eigenvalue weighted by Crippen LogP contribution is -2.48. The van der Waals surface area contributed by atoms with E-state index in [1.54, 1.807) is 24.4 Å². The zero-order valence-electron chi connectivity index (χ0n) is 12.5. The third-order valence-corrected chi connectivity index (χ3v) is 3.90. The van der Waals surface area contributed by atoms with Gasteiger partial charge in [0.15, 0.2) is 0 Å². The predicted octanol–water partition coefficient (Wildman–Crippen LogP) is 2.49. The van der Waals surface area contributed by atoms with E-state index in [0.717, 1.165) is 24.5 Å². The smallest absolute Gasteiger partial charge is 0.254 e. The third kappa shape index (κ3) is 3.08. The van der Waals surface area contributed by atoms with Gasteiger partial charge in [0.2, 0.25) is 0 Å². The minimum Gasteiger partial charge on any atom is -0.368 e. The van der Waals surface area contributed by atoms with Crippen LogP contribution in [0.15, 0.2) is 42.6 Å². The van der Waals surface area contributed by atoms with Gasteiger partial charge in [-0.15, -0.1) is 0 Å². The maximum Gasteiger partial charge on any atom is 0.254 e. The molecular formula is C17H18FN3O. The number of hydrogen-bond donors (Lipinski definition) is 0. The number of nitrogens with zero attached hydrogens (tertiary/aromatic N) is 3. The summed E-state index contributed by atoms with van der Waals surface area (Å²) in [5, 5.41) is 0. The van der Waals surface area contributed by atoms with Gasteiger partial charge in [-0.1, -0.05) is 0 Å². The van der Waals surface area contributed by atoms with Gasteiger partial charge < -0.3 is 9.80 Å². The molecule has 3 rings (SSSR count). The molecule has 0 atom stereocenters. The molecule has 0 radical (unpaired) electrons. The first-order chi connectivity index (χ1) is 10.6. The van der Waals surface area contributed by atoms with E-state index < -0.39 is 0 Å². The van der Waals surface area contributed by atoms with Crippen LogP contribution in [0.4, 0.5) is 10.1 Å². The lowest BCUT2D eigenvalue weighted by atomic mass is 10.2. The second-order valence-electron chi connectivity index (χ2n) is 5.44. The van der Waals surface area contributed by atoms with Crippen LogP contribution < -0.4 is 4.90 Å². The Hall–Kier alpha value is -2.43. The minimum absolute atomic E-state index is 0.0456. The zero-order valence-corrected chi connectivity index (χ0v) is 12.5. The number of piperazine rings is 1. The molecule has 1 fully saturated rings. The van der Waals surface area contributed by atoms with Crippen LogP contribution in [0.5, 0.6) is 0 Å². The molecule has 1 aliphatic heterocycles. The molecule has 1 saturated heterocycles. The van der Waals surface area contributed by atoms with Gasteiger partial charge in [-0.05, 0) is 43.3 Å². The van der Waals surface area contributed by atoms with Crippen LogP contribution >= 0.6 is 0 Å². The molecule has 0 N–H and O–H groups in total. The van der Waals surface area contributed by atoms with Crippen LogP contribution in [0.2, 0.25) is 0 Å². The lowest BCUT2D eigenvalue weighted by molar-refractivity contribution is 0.0746. The maximum atomic E-state index is 13.0. The Kier molecular flexibility index (Phi) is 4.04. The van der Waals surface area contributed by atoms with E-state index in [1.165, 1.54) is 12.1 Å². The van der Waals surface area contributed by atoms with E-state index in [4.69, 9.17) is 0 Å². The lowest BCUT2D eigenvalue weighted by Gasteiger charge is -2.36. The van der Waals surface area contributed by atoms with Crippen molar-refractivity contribution in [2.45, 2.75) is 6.92 Å². The van der Waals surface area contributed by atoms with Crippen molar-refractivity contribution in [2.24, 2.45) is 0 Å². The van der Waals surface area contributed by atoms with E-state index in [1.807, 2.05) is 17.9 Å². The van der Waals surface area contributed by atoms with Crippen LogP contribution in [0.3, 0.4) is 0 Å². The average Bonchev–Trinajstić information content (AvgIpc) is 2.55. The third-order valence-electron chi connectivity index (χ3n) is 3.90. The molecular weight excluding hydrogens is 281 g/mol. The molecule has 0 aliphatic carbocycles. The number of amides is 1. The number of rotatable bonds is 2. The molecule has 0 spiro atoms. The Morgan fingerprint density at radius 3 is 2.41 bits per heavy atom. The summed E-state index contributed by atoms with van der Waals surface area (Å²) in [5.41, 5.74) is 2.52. The Morgan fingerprint density at radius 2 is 1.77 bits per heavy atom. The Balaban J connectivity index is 1.64. The minimum atomic E-state index is -0.231. The summed E-state index contributed by atoms with van der Waals surface area (Å²) in [6, 6.07) is 10.0. The summed E-state index contributed by atoms with van der Waals surface area (Å²) >= 11 is 0. The highest BCUT2D eigenvalue weighted by Crippen LogP contribution is 2.18. The fraction of sp³-hybridized carbons (Fsp3) is 0.294. The zero-order chi connectivity index (χ0) is 15.5. The molecule has 1 aliphatic rings. The second-order valence-corrected chi connectivity index (χ2v) is 5.44. The van der Waals surface area contributed by atoms with Crippen LogP contribution in [0, 0.1) is 12.7 Å². The van der Waals surface area contributed by atoms with Gasteiger partial charge in [-0.25, -0.2) is 4.39 Å². The van der Waals surface area contributed by atoms with Crippen molar-refractivity contribution >= 4 is 11.6 Å². The maximum absolute atomic E-state index is 13.0. The molecule has 2 heterocycles. The van der Waals surface area contributed by atoms with Gasteiger partial charge >= 0.3 is 0 Å². The van der Waals surface area contributed by atoms with Crippen molar-refractivity contribution in [2.75, 3.05) is 31.1 Å². The van der Waals surface area contributed by atoms with Crippen LogP contribution in [0.1, 0.15) is 16.1 Å². The summed E-state index contributed by atoms with van der Waals surface area (Å²) in [6.07, 6.45) is 1.66. The fourth-order valence-electron chi connectivity index (χ4n) is 2.68. The number of aryl methyl sites for hydroxylation is 1. The summed E-state index contributed by atoms with van der Waals surface area (Å²) in [6.45, 7) is 4.71. The first-order valence-corrected chi connectivity index (χ1v) is 7.36. The number of aromatic nitrogens is 1. The molecule has 4 nitrogen and oxygen atoms in total. The van der Waals surface area contributed by atoms with Crippen molar-refractivity contribution < 1.29 is 9.18 Å². The van der Waals surface area contributed by atoms with E-state index in [2.05, 4.69) is 9.88 Å². The van der Waals surface area contributed by atoms with Gasteiger partial charge in [0.25, 0.3) is 5.91 Å². The average molecular weight is 299 g/mol. The molecule has 0 bridgehead atoms. The number of carbonyl (C=O) groups is 1. The molecule has 1 aromatic heterocycles. The Labute approximate surface area is 129 Å². The van der Waals surface area contributed by atoms with Crippen molar-refractivity contribution in [3.8, 4) is 0 Å². The first-order valence-electron chi connectivity index (χ1n) is 7.36. The van der Waals surface area contributed by atoms with Crippen molar-refractivity contribution in [3.63, 3.8) is 0 Å². The molecule has 1 amide bonds. The number of hydrogen-bond acceptors (Lipinski definition) is 3. The number of anilines is 1. The highest BCUT2D eigenvalue weighted by molar-refractivity contribution is 5.94. The van der Waals surface area contributed by atoms with E-state index in [-0.39, 0.29) is 11.7 Å². The first kappa shape index (κ1) is 14.5. The van der Waals surface area contributed by atoms with Gasteiger partial charge in [0.1, 0.15) is 5.82 Å². The van der Waals surface area contributed by atoms with Gasteiger partial charge in [-0.3, -0.25) is 9.78 Å². The fourth-order valence-corrected chi connectivity index (χ4v) is 2.68. The largest absolute Gasteiger partial charge is 0.368 e. The molecule has 2 aromatic rings. The molecule has 0 unspecified atom stereocenters. The number of pyridine rings is 1. The summed E-state index contributed by atoms with van der Waals surface area (Å²) in [5.74, 6) is -0.185. The normalized spacial score (nSPS) is 15.0. The standard InChI is InChI=1S/C17H18FN3O/c1-13-12-14(6-7-19-13)17(22)21-10-8-20(9-11-21)16-4-2-15(18)3-5-16/h2-7,12H,8-11H2,1H3. The van der Waals surface area contributed by atoms with Gasteiger partial charge in [-0.2, -0.15) is 0 Å². The van der Waals surface area contributed by atoms with Crippen LogP contribution in [-0.4, -0.2) is 42.0 Å². The number of benzene rings is 1. The molecule has 0 saturated carbocycles. The Morgan fingerprint density at radius 1 is 1.09 bits per heavy atom. The van der Waals surface area contributed by atoms with Gasteiger partial charge in [0, 0.05) is 49.3 Å². The number of carbonyl (C=O) groups excluding carboxylic acids is 1. The molecule has 114 valence electrons. The quantitative estimate of drug-likeness (QED) is 0.855. The monoisotopic (exact) mass is 299 g/mol. The van der Waals surface area contributed by atoms with Gasteiger partial charge in [0.05, 0.1) is 0 Å². The van der Waals surface area contributed by atoms with Crippen LogP contribution in [0.25, 0.3) is 0 Å². The summed E-state index contributed by atoms with van der Waals surface area (Å²) in [4.78, 5) is 20.6. The number of halogens is 1. The summed E-state index contributed by atoms with van der Waals surface area (Å²) in [7, 11) is 0. The molecule has 1 aromatic carbocycles. The molecule has 5 heteroatoms. The molecule has 22 heavy (non-hydrogen) atoms. The van der Waals surface area contributed by atoms with E-state index >= 15 is 0 Å².